The molecule has 1 N–H and O–H groups in total. The molecule has 0 aliphatic heterocycles. The minimum absolute atomic E-state index is 0.729. The van der Waals surface area contributed by atoms with Gasteiger partial charge in [0.2, 0.25) is 0 Å². The Kier molecular flexibility index (Phi) is 4.94. The number of hydrogen-bond acceptors (Lipinski definition) is 1. The van der Waals surface area contributed by atoms with Crippen molar-refractivity contribution in [1.29, 1.82) is 0 Å². The van der Waals surface area contributed by atoms with Gasteiger partial charge in [-0.2, -0.15) is 0 Å². The van der Waals surface area contributed by atoms with Crippen LogP contribution in [0, 0.1) is 11.8 Å². The van der Waals surface area contributed by atoms with Gasteiger partial charge < -0.3 is 5.32 Å². The molecule has 1 aliphatic carbocycles. The zero-order valence-electron chi connectivity index (χ0n) is 10.3. The molecule has 0 aromatic carbocycles. The van der Waals surface area contributed by atoms with Crippen LogP contribution in [0.3, 0.4) is 0 Å². The molecule has 1 saturated carbocycles. The average molecular weight is 197 g/mol. The molecule has 84 valence electrons. The van der Waals surface area contributed by atoms with Crippen molar-refractivity contribution in [1.82, 2.24) is 5.32 Å². The van der Waals surface area contributed by atoms with Crippen LogP contribution in [0.15, 0.2) is 0 Å². The fourth-order valence-corrected chi connectivity index (χ4v) is 2.80. The second-order valence-corrected chi connectivity index (χ2v) is 5.13. The molecule has 3 unspecified atom stereocenters. The van der Waals surface area contributed by atoms with Crippen molar-refractivity contribution < 1.29 is 0 Å². The summed E-state index contributed by atoms with van der Waals surface area (Å²) < 4.78 is 0. The number of rotatable bonds is 5. The molecule has 3 atom stereocenters. The van der Waals surface area contributed by atoms with Gasteiger partial charge in [0, 0.05) is 12.1 Å². The second kappa shape index (κ2) is 5.75. The van der Waals surface area contributed by atoms with E-state index < -0.39 is 0 Å². The Morgan fingerprint density at radius 2 is 1.93 bits per heavy atom. The Bertz CT molecular complexity index is 153. The van der Waals surface area contributed by atoms with Crippen LogP contribution >= 0.6 is 0 Å². The Balaban J connectivity index is 2.41. The van der Waals surface area contributed by atoms with Crippen molar-refractivity contribution >= 4 is 0 Å². The summed E-state index contributed by atoms with van der Waals surface area (Å²) in [5.74, 6) is 1.72. The van der Waals surface area contributed by atoms with Crippen LogP contribution in [-0.4, -0.2) is 12.1 Å². The first kappa shape index (κ1) is 12.0. The van der Waals surface area contributed by atoms with Crippen LogP contribution in [0.5, 0.6) is 0 Å². The molecule has 1 heteroatoms. The highest BCUT2D eigenvalue weighted by Gasteiger charge is 2.27. The fraction of sp³-hybridized carbons (Fsp3) is 1.00. The molecule has 0 heterocycles. The molecule has 0 saturated heterocycles. The average Bonchev–Trinajstić information content (AvgIpc) is 2.60. The van der Waals surface area contributed by atoms with Crippen molar-refractivity contribution in [2.75, 3.05) is 0 Å². The minimum Gasteiger partial charge on any atom is -0.311 e. The van der Waals surface area contributed by atoms with Gasteiger partial charge in [-0.1, -0.05) is 40.5 Å². The maximum Gasteiger partial charge on any atom is 0.00979 e. The van der Waals surface area contributed by atoms with E-state index in [2.05, 4.69) is 33.0 Å². The number of nitrogens with one attached hydrogen (secondary N) is 1. The zero-order chi connectivity index (χ0) is 10.6. The van der Waals surface area contributed by atoms with E-state index in [1.165, 1.54) is 32.1 Å². The number of hydrogen-bond donors (Lipinski definition) is 1. The monoisotopic (exact) mass is 197 g/mol. The predicted octanol–water partition coefficient (Wildman–Crippen LogP) is 3.59. The molecule has 1 rings (SSSR count). The largest absolute Gasteiger partial charge is 0.311 e. The van der Waals surface area contributed by atoms with Crippen molar-refractivity contribution in [3.8, 4) is 0 Å². The third-order valence-corrected chi connectivity index (χ3v) is 3.86. The van der Waals surface area contributed by atoms with Gasteiger partial charge in [-0.15, -0.1) is 0 Å². The first-order valence-electron chi connectivity index (χ1n) is 6.45. The Hall–Kier alpha value is -0.0400. The van der Waals surface area contributed by atoms with Crippen molar-refractivity contribution in [3.63, 3.8) is 0 Å². The molecule has 1 aliphatic rings. The summed E-state index contributed by atoms with van der Waals surface area (Å²) in [5.41, 5.74) is 0. The van der Waals surface area contributed by atoms with E-state index in [-0.39, 0.29) is 0 Å². The summed E-state index contributed by atoms with van der Waals surface area (Å²) in [7, 11) is 0. The maximum absolute atomic E-state index is 3.87. The minimum atomic E-state index is 0.729. The first-order chi connectivity index (χ1) is 6.69. The lowest BCUT2D eigenvalue weighted by Gasteiger charge is -2.28. The third kappa shape index (κ3) is 2.98. The van der Waals surface area contributed by atoms with E-state index in [4.69, 9.17) is 0 Å². The van der Waals surface area contributed by atoms with Gasteiger partial charge in [-0.25, -0.2) is 0 Å². The van der Waals surface area contributed by atoms with Gasteiger partial charge in [-0.05, 0) is 31.1 Å². The molecule has 0 amide bonds. The lowest BCUT2D eigenvalue weighted by Crippen LogP contribution is -2.42. The fourth-order valence-electron chi connectivity index (χ4n) is 2.80. The molecule has 14 heavy (non-hydrogen) atoms. The topological polar surface area (TPSA) is 12.0 Å². The summed E-state index contributed by atoms with van der Waals surface area (Å²) in [6.07, 6.45) is 6.91. The highest BCUT2D eigenvalue weighted by Crippen LogP contribution is 2.29. The van der Waals surface area contributed by atoms with Gasteiger partial charge in [0.05, 0.1) is 0 Å². The zero-order valence-corrected chi connectivity index (χ0v) is 10.3. The first-order valence-corrected chi connectivity index (χ1v) is 6.45. The van der Waals surface area contributed by atoms with Gasteiger partial charge in [0.15, 0.2) is 0 Å². The van der Waals surface area contributed by atoms with E-state index >= 15 is 0 Å². The third-order valence-electron chi connectivity index (χ3n) is 3.86. The summed E-state index contributed by atoms with van der Waals surface area (Å²) in [6, 6.07) is 1.54. The molecular formula is C13H27N. The van der Waals surface area contributed by atoms with Crippen LogP contribution in [-0.2, 0) is 0 Å². The summed E-state index contributed by atoms with van der Waals surface area (Å²) in [5, 5.41) is 3.87. The summed E-state index contributed by atoms with van der Waals surface area (Å²) in [6.45, 7) is 9.29. The molecule has 1 nitrogen and oxygen atoms in total. The van der Waals surface area contributed by atoms with Crippen molar-refractivity contribution in [2.45, 2.75) is 71.9 Å². The van der Waals surface area contributed by atoms with Crippen LogP contribution in [0.1, 0.15) is 59.8 Å². The van der Waals surface area contributed by atoms with Crippen LogP contribution in [0.2, 0.25) is 0 Å². The van der Waals surface area contributed by atoms with Crippen molar-refractivity contribution in [3.05, 3.63) is 0 Å². The normalized spacial score (nSPS) is 29.8. The molecule has 0 spiro atoms. The van der Waals surface area contributed by atoms with Crippen LogP contribution in [0.25, 0.3) is 0 Å². The Morgan fingerprint density at radius 3 is 2.43 bits per heavy atom. The van der Waals surface area contributed by atoms with E-state index in [1.54, 1.807) is 0 Å². The molecule has 1 fully saturated rings. The molecule has 0 aromatic heterocycles. The maximum atomic E-state index is 3.87. The standard InChI is InChI=1S/C13H27N/c1-5-11-8-7-9-13(11)14-12(6-2)10(3)4/h10-14H,5-9H2,1-4H3. The van der Waals surface area contributed by atoms with Crippen molar-refractivity contribution in [2.24, 2.45) is 11.8 Å². The van der Waals surface area contributed by atoms with Crippen LogP contribution < -0.4 is 5.32 Å². The highest BCUT2D eigenvalue weighted by molar-refractivity contribution is 4.85. The van der Waals surface area contributed by atoms with E-state index in [9.17, 15) is 0 Å². The molecule has 0 aromatic rings. The van der Waals surface area contributed by atoms with E-state index in [0.29, 0.717) is 0 Å². The molecule has 0 radical (unpaired) electrons. The SMILES string of the molecule is CCC1CCCC1NC(CC)C(C)C. The molecule has 0 bridgehead atoms. The summed E-state index contributed by atoms with van der Waals surface area (Å²) >= 11 is 0. The predicted molar refractivity (Wildman–Crippen MR) is 63.5 cm³/mol. The van der Waals surface area contributed by atoms with Gasteiger partial charge in [0.25, 0.3) is 0 Å². The summed E-state index contributed by atoms with van der Waals surface area (Å²) in [4.78, 5) is 0. The smallest absolute Gasteiger partial charge is 0.00979 e. The quantitative estimate of drug-likeness (QED) is 0.710. The Labute approximate surface area is 89.7 Å². The van der Waals surface area contributed by atoms with Crippen LogP contribution in [0.4, 0.5) is 0 Å². The van der Waals surface area contributed by atoms with E-state index in [1.807, 2.05) is 0 Å². The Morgan fingerprint density at radius 1 is 1.21 bits per heavy atom. The lowest BCUT2D eigenvalue weighted by molar-refractivity contribution is 0.298. The lowest BCUT2D eigenvalue weighted by atomic mass is 9.96. The van der Waals surface area contributed by atoms with Gasteiger partial charge in [0.1, 0.15) is 0 Å². The molecular weight excluding hydrogens is 170 g/mol. The van der Waals surface area contributed by atoms with Gasteiger partial charge >= 0.3 is 0 Å². The second-order valence-electron chi connectivity index (χ2n) is 5.13. The van der Waals surface area contributed by atoms with Gasteiger partial charge in [-0.3, -0.25) is 0 Å². The highest BCUT2D eigenvalue weighted by atomic mass is 15.0. The van der Waals surface area contributed by atoms with E-state index in [0.717, 1.165) is 23.9 Å².